The predicted octanol–water partition coefficient (Wildman–Crippen LogP) is 3.48. The van der Waals surface area contributed by atoms with Crippen LogP contribution in [0, 0.1) is 29.5 Å². The van der Waals surface area contributed by atoms with Crippen molar-refractivity contribution in [2.75, 3.05) is 51.6 Å². The van der Waals surface area contributed by atoms with Crippen molar-refractivity contribution in [3.8, 4) is 18.1 Å². The molecule has 0 amide bonds. The van der Waals surface area contributed by atoms with Gasteiger partial charge in [0.15, 0.2) is 5.69 Å². The Balaban J connectivity index is 1.17. The maximum Gasteiger partial charge on any atom is 0.260 e. The van der Waals surface area contributed by atoms with Gasteiger partial charge < -0.3 is 30.6 Å². The number of aromatic hydroxyl groups is 1. The molecule has 244 valence electrons. The first-order chi connectivity index (χ1) is 22.1. The third-order valence-electron chi connectivity index (χ3n) is 10.3. The minimum Gasteiger partial charge on any atom is -0.508 e. The van der Waals surface area contributed by atoms with Crippen molar-refractivity contribution in [2.45, 2.75) is 63.6 Å². The highest BCUT2D eigenvalue weighted by Crippen LogP contribution is 2.47. The van der Waals surface area contributed by atoms with E-state index in [1.54, 1.807) is 29.1 Å². The van der Waals surface area contributed by atoms with Crippen LogP contribution >= 0.6 is 0 Å². The summed E-state index contributed by atoms with van der Waals surface area (Å²) in [6, 6.07) is 6.47. The number of aliphatic hydroxyl groups is 1. The van der Waals surface area contributed by atoms with Gasteiger partial charge in [0.2, 0.25) is 0 Å². The summed E-state index contributed by atoms with van der Waals surface area (Å²) in [7, 11) is 0. The molecule has 3 unspecified atom stereocenters. The Labute approximate surface area is 269 Å². The van der Waals surface area contributed by atoms with Crippen molar-refractivity contribution in [1.82, 2.24) is 24.8 Å². The zero-order valence-corrected chi connectivity index (χ0v) is 26.5. The van der Waals surface area contributed by atoms with Crippen molar-refractivity contribution in [2.24, 2.45) is 16.4 Å². The average molecular weight is 630 g/mol. The number of nitrogens with one attached hydrogen (secondary N) is 1. The number of piperidine rings is 1. The molecule has 5 N–H and O–H groups in total. The van der Waals surface area contributed by atoms with E-state index in [0.717, 1.165) is 71.2 Å². The van der Waals surface area contributed by atoms with Crippen LogP contribution in [0.25, 0.3) is 10.8 Å². The van der Waals surface area contributed by atoms with Crippen molar-refractivity contribution in [1.29, 1.82) is 0 Å². The van der Waals surface area contributed by atoms with Gasteiger partial charge in [0, 0.05) is 36.5 Å². The molecule has 1 aromatic heterocycles. The molecule has 3 atom stereocenters. The van der Waals surface area contributed by atoms with Crippen LogP contribution in [0.5, 0.6) is 5.75 Å². The Morgan fingerprint density at radius 3 is 2.91 bits per heavy atom. The van der Waals surface area contributed by atoms with E-state index in [9.17, 15) is 14.6 Å². The lowest BCUT2D eigenvalue weighted by Crippen LogP contribution is -2.48. The van der Waals surface area contributed by atoms with Gasteiger partial charge in [-0.1, -0.05) is 12.0 Å². The Morgan fingerprint density at radius 2 is 2.13 bits per heavy atom. The van der Waals surface area contributed by atoms with E-state index in [1.807, 2.05) is 6.92 Å². The highest BCUT2D eigenvalue weighted by molar-refractivity contribution is 5.96. The Morgan fingerprint density at radius 1 is 1.28 bits per heavy atom. The number of ether oxygens (including phenoxy) is 1. The Kier molecular flexibility index (Phi) is 8.07. The van der Waals surface area contributed by atoms with Crippen LogP contribution in [0.15, 0.2) is 35.7 Å². The molecule has 46 heavy (non-hydrogen) atoms. The third kappa shape index (κ3) is 6.39. The van der Waals surface area contributed by atoms with Crippen molar-refractivity contribution in [3.63, 3.8) is 0 Å². The van der Waals surface area contributed by atoms with Gasteiger partial charge in [0.1, 0.15) is 17.4 Å². The summed E-state index contributed by atoms with van der Waals surface area (Å²) in [5, 5.41) is 33.0. The number of phenols is 1. The molecule has 3 saturated heterocycles. The largest absolute Gasteiger partial charge is 0.508 e. The van der Waals surface area contributed by atoms with Crippen molar-refractivity contribution < 1.29 is 19.3 Å². The van der Waals surface area contributed by atoms with E-state index < -0.39 is 11.4 Å². The first-order valence-electron chi connectivity index (χ1n) is 16.5. The molecule has 0 spiro atoms. The lowest BCUT2D eigenvalue weighted by Gasteiger charge is -2.38. The summed E-state index contributed by atoms with van der Waals surface area (Å²) in [6.07, 6.45) is 13.5. The monoisotopic (exact) mass is 629 g/mol. The number of hydrogen-bond acceptors (Lipinski definition) is 9. The minimum atomic E-state index is -0.656. The number of aromatic nitrogens is 2. The molecule has 10 nitrogen and oxygen atoms in total. The summed E-state index contributed by atoms with van der Waals surface area (Å²) < 4.78 is 23.0. The smallest absolute Gasteiger partial charge is 0.260 e. The molecule has 4 fully saturated rings. The van der Waals surface area contributed by atoms with Crippen LogP contribution in [-0.2, 0) is 11.3 Å². The number of likely N-dealkylation sites (tertiary alicyclic amines) is 1. The molecule has 1 saturated carbocycles. The summed E-state index contributed by atoms with van der Waals surface area (Å²) >= 11 is 0. The van der Waals surface area contributed by atoms with Crippen molar-refractivity contribution in [3.05, 3.63) is 53.2 Å². The molecular formula is C35H44FN7O3. The molecule has 3 aliphatic heterocycles. The molecule has 4 heterocycles. The topological polar surface area (TPSA) is 124 Å². The maximum atomic E-state index is 14.7. The van der Waals surface area contributed by atoms with Crippen LogP contribution in [0.1, 0.15) is 62.3 Å². The average Bonchev–Trinajstić information content (AvgIpc) is 3.53. The second-order valence-electron chi connectivity index (χ2n) is 14.3. The number of rotatable bonds is 8. The van der Waals surface area contributed by atoms with E-state index in [2.05, 4.69) is 26.1 Å². The molecule has 0 radical (unpaired) electrons. The fraction of sp³-hybridized carbons (Fsp3) is 0.543. The van der Waals surface area contributed by atoms with E-state index in [1.165, 1.54) is 6.07 Å². The number of terminal acetylenes is 1. The number of nitrogens with zero attached hydrogens (tertiary/aromatic N) is 5. The highest BCUT2D eigenvalue weighted by atomic mass is 19.1. The van der Waals surface area contributed by atoms with Crippen LogP contribution in [0.3, 0.4) is 0 Å². The highest BCUT2D eigenvalue weighted by Gasteiger charge is 2.46. The Bertz CT molecular complexity index is 1690. The fourth-order valence-electron chi connectivity index (χ4n) is 7.62. The molecule has 2 bridgehead atoms. The zero-order valence-electron chi connectivity index (χ0n) is 26.5. The number of imidazole rings is 1. The molecular weight excluding hydrogens is 585 g/mol. The zero-order chi connectivity index (χ0) is 32.1. The summed E-state index contributed by atoms with van der Waals surface area (Å²) in [6.45, 7) is 7.82. The number of benzene rings is 2. The van der Waals surface area contributed by atoms with Crippen LogP contribution < -0.4 is 11.1 Å². The van der Waals surface area contributed by atoms with Gasteiger partial charge in [-0.3, -0.25) is 9.91 Å². The van der Waals surface area contributed by atoms with Gasteiger partial charge in [0.25, 0.3) is 5.90 Å². The number of anilines is 1. The summed E-state index contributed by atoms with van der Waals surface area (Å²) in [5.74, 6) is 3.44. The molecule has 11 heteroatoms. The van der Waals surface area contributed by atoms with Gasteiger partial charge in [-0.05, 0) is 93.6 Å². The van der Waals surface area contributed by atoms with E-state index >= 15 is 0 Å². The fourth-order valence-corrected chi connectivity index (χ4v) is 7.62. The SMILES string of the molecule is C#Cc1c(F)ccc2cc(O)cc(Cn3cnc(/C(=N\N4CCC5CNC(C5)C4)OCC4(CN5CCCC(C)(O)C5)CC4)c3N)c12. The number of hydrogen-bond donors (Lipinski definition) is 4. The predicted molar refractivity (Wildman–Crippen MR) is 176 cm³/mol. The molecule has 2 aromatic carbocycles. The summed E-state index contributed by atoms with van der Waals surface area (Å²) in [4.78, 5) is 7.05. The quantitative estimate of drug-likeness (QED) is 0.170. The van der Waals surface area contributed by atoms with Gasteiger partial charge in [-0.2, -0.15) is 0 Å². The summed E-state index contributed by atoms with van der Waals surface area (Å²) in [5.41, 5.74) is 7.33. The number of nitrogens with two attached hydrogens (primary N) is 1. The van der Waals surface area contributed by atoms with Gasteiger partial charge in [-0.15, -0.1) is 11.5 Å². The standard InChI is InChI=1S/C35H44FN7O3/c1-3-28-29(36)6-5-24-14-27(44)15-25(30(24)28)17-42-22-39-31(32(42)37)33(40-43-12-7-23-13-26(18-43)38-16-23)46-21-35(9-10-35)20-41-11-4-8-34(2,45)19-41/h1,5-6,14-15,22-23,26,38,44-45H,4,7-13,16-21,37H2,2H3/b40-33+. The molecule has 4 aliphatic rings. The number of fused-ring (bicyclic) bond motifs is 3. The number of halogens is 1. The van der Waals surface area contributed by atoms with Crippen LogP contribution in [0.4, 0.5) is 10.2 Å². The normalized spacial score (nSPS) is 26.2. The lowest BCUT2D eigenvalue weighted by atomic mass is 9.94. The number of β-amino-alcohol motifs (C(OH)–C–C–N with tert-alkyl or cyclic N) is 1. The molecule has 7 rings (SSSR count). The number of phenolic OH excluding ortho intramolecular Hbond substituents is 1. The second kappa shape index (κ2) is 12.1. The maximum absolute atomic E-state index is 14.7. The third-order valence-corrected chi connectivity index (χ3v) is 10.3. The molecule has 3 aromatic rings. The molecule has 1 aliphatic carbocycles. The first kappa shape index (κ1) is 30.8. The van der Waals surface area contributed by atoms with E-state index in [0.29, 0.717) is 58.9 Å². The van der Waals surface area contributed by atoms with E-state index in [4.69, 9.17) is 22.0 Å². The van der Waals surface area contributed by atoms with Crippen molar-refractivity contribution >= 4 is 22.5 Å². The van der Waals surface area contributed by atoms with Gasteiger partial charge in [-0.25, -0.2) is 9.37 Å². The minimum absolute atomic E-state index is 0.00110. The second-order valence-corrected chi connectivity index (χ2v) is 14.3. The van der Waals surface area contributed by atoms with Crippen LogP contribution in [0.2, 0.25) is 0 Å². The number of hydrazone groups is 1. The van der Waals surface area contributed by atoms with Gasteiger partial charge in [0.05, 0.1) is 37.2 Å². The van der Waals surface area contributed by atoms with E-state index in [-0.39, 0.29) is 23.3 Å². The number of nitrogen functional groups attached to an aromatic ring is 1. The Hall–Kier alpha value is -3.85. The first-order valence-corrected chi connectivity index (χ1v) is 16.5. The lowest BCUT2D eigenvalue weighted by molar-refractivity contribution is -0.0239. The van der Waals surface area contributed by atoms with Gasteiger partial charge >= 0.3 is 0 Å². The van der Waals surface area contributed by atoms with Crippen LogP contribution in [-0.4, -0.2) is 93.1 Å².